The van der Waals surface area contributed by atoms with Gasteiger partial charge in [0.1, 0.15) is 12.3 Å². The largest absolute Gasteiger partial charge is 0.456 e. The first kappa shape index (κ1) is 19.0. The molecule has 2 aromatic heterocycles. The summed E-state index contributed by atoms with van der Waals surface area (Å²) in [4.78, 5) is 16.6. The van der Waals surface area contributed by atoms with Crippen molar-refractivity contribution in [2.45, 2.75) is 11.5 Å². The number of pyridine rings is 1. The molecule has 0 amide bonds. The molecule has 0 fully saturated rings. The molecule has 0 aliphatic heterocycles. The Bertz CT molecular complexity index is 996. The van der Waals surface area contributed by atoms with Gasteiger partial charge in [-0.2, -0.15) is 0 Å². The highest BCUT2D eigenvalue weighted by Crippen LogP contribution is 2.12. The number of carbonyl (C=O) groups excluding carboxylic acids is 1. The SMILES string of the molecule is COCCNS(=O)(=O)c1ccc(C(=O)OCc2cn3ccccc3n2)cc1. The monoisotopic (exact) mass is 389 g/mol. The summed E-state index contributed by atoms with van der Waals surface area (Å²) in [5.74, 6) is -0.552. The molecule has 3 rings (SSSR count). The van der Waals surface area contributed by atoms with Crippen molar-refractivity contribution >= 4 is 21.6 Å². The average Bonchev–Trinajstić information content (AvgIpc) is 3.09. The second-order valence-corrected chi connectivity index (χ2v) is 7.46. The zero-order valence-corrected chi connectivity index (χ0v) is 15.5. The number of nitrogens with zero attached hydrogens (tertiary/aromatic N) is 2. The highest BCUT2D eigenvalue weighted by molar-refractivity contribution is 7.89. The highest BCUT2D eigenvalue weighted by Gasteiger charge is 2.15. The topological polar surface area (TPSA) is 99.0 Å². The fourth-order valence-electron chi connectivity index (χ4n) is 2.41. The van der Waals surface area contributed by atoms with Gasteiger partial charge in [0.2, 0.25) is 10.0 Å². The number of fused-ring (bicyclic) bond motifs is 1. The summed E-state index contributed by atoms with van der Waals surface area (Å²) >= 11 is 0. The molecule has 9 heteroatoms. The second-order valence-electron chi connectivity index (χ2n) is 5.69. The minimum atomic E-state index is -3.64. The Kier molecular flexibility index (Phi) is 5.84. The maximum Gasteiger partial charge on any atom is 0.338 e. The van der Waals surface area contributed by atoms with E-state index in [1.165, 1.54) is 31.4 Å². The summed E-state index contributed by atoms with van der Waals surface area (Å²) in [5.41, 5.74) is 1.64. The van der Waals surface area contributed by atoms with Crippen LogP contribution < -0.4 is 4.72 Å². The molecular weight excluding hydrogens is 370 g/mol. The van der Waals surface area contributed by atoms with Gasteiger partial charge in [-0.1, -0.05) is 6.07 Å². The van der Waals surface area contributed by atoms with Gasteiger partial charge in [0.15, 0.2) is 0 Å². The van der Waals surface area contributed by atoms with E-state index < -0.39 is 16.0 Å². The van der Waals surface area contributed by atoms with Gasteiger partial charge < -0.3 is 13.9 Å². The van der Waals surface area contributed by atoms with Crippen LogP contribution in [0.3, 0.4) is 0 Å². The van der Waals surface area contributed by atoms with Gasteiger partial charge in [0.05, 0.1) is 22.8 Å². The van der Waals surface area contributed by atoms with E-state index >= 15 is 0 Å². The Morgan fingerprint density at radius 2 is 1.96 bits per heavy atom. The standard InChI is InChI=1S/C18H19N3O5S/c1-25-11-9-19-27(23,24)16-7-5-14(6-8-16)18(22)26-13-15-12-21-10-3-2-4-17(21)20-15/h2-8,10,12,19H,9,11,13H2,1H3. The first-order chi connectivity index (χ1) is 13.0. The maximum absolute atomic E-state index is 12.2. The van der Waals surface area contributed by atoms with Crippen LogP contribution in [-0.4, -0.2) is 44.0 Å². The normalized spacial score (nSPS) is 11.6. The molecule has 0 unspecified atom stereocenters. The van der Waals surface area contributed by atoms with Crippen molar-refractivity contribution in [1.82, 2.24) is 14.1 Å². The number of benzene rings is 1. The number of rotatable bonds is 8. The molecule has 3 aromatic rings. The number of imidazole rings is 1. The van der Waals surface area contributed by atoms with Crippen molar-refractivity contribution in [3.63, 3.8) is 0 Å². The lowest BCUT2D eigenvalue weighted by molar-refractivity contribution is 0.0468. The molecule has 0 saturated carbocycles. The third kappa shape index (κ3) is 4.70. The van der Waals surface area contributed by atoms with Crippen molar-refractivity contribution < 1.29 is 22.7 Å². The fraction of sp³-hybridized carbons (Fsp3) is 0.222. The number of hydrogen-bond acceptors (Lipinski definition) is 6. The summed E-state index contributed by atoms with van der Waals surface area (Å²) in [6.07, 6.45) is 3.64. The second kappa shape index (κ2) is 8.30. The molecule has 0 spiro atoms. The first-order valence-electron chi connectivity index (χ1n) is 8.18. The lowest BCUT2D eigenvalue weighted by Gasteiger charge is -2.07. The minimum Gasteiger partial charge on any atom is -0.456 e. The van der Waals surface area contributed by atoms with E-state index in [0.29, 0.717) is 5.69 Å². The van der Waals surface area contributed by atoms with E-state index in [-0.39, 0.29) is 30.2 Å². The molecule has 142 valence electrons. The lowest BCUT2D eigenvalue weighted by Crippen LogP contribution is -2.27. The number of sulfonamides is 1. The molecular formula is C18H19N3O5S. The Balaban J connectivity index is 1.61. The summed E-state index contributed by atoms with van der Waals surface area (Å²) < 4.78 is 38.5. The van der Waals surface area contributed by atoms with Crippen LogP contribution in [0, 0.1) is 0 Å². The third-order valence-electron chi connectivity index (χ3n) is 3.76. The van der Waals surface area contributed by atoms with E-state index in [2.05, 4.69) is 9.71 Å². The number of aromatic nitrogens is 2. The number of ether oxygens (including phenoxy) is 2. The molecule has 27 heavy (non-hydrogen) atoms. The van der Waals surface area contributed by atoms with Crippen LogP contribution in [0.25, 0.3) is 5.65 Å². The molecule has 0 radical (unpaired) electrons. The number of esters is 1. The van der Waals surface area contributed by atoms with Crippen molar-refractivity contribution in [2.75, 3.05) is 20.3 Å². The minimum absolute atomic E-state index is 0.0269. The summed E-state index contributed by atoms with van der Waals surface area (Å²) in [6.45, 7) is 0.466. The van der Waals surface area contributed by atoms with Crippen LogP contribution >= 0.6 is 0 Å². The van der Waals surface area contributed by atoms with Gasteiger partial charge in [0.25, 0.3) is 0 Å². The Labute approximate surface area is 156 Å². The molecule has 1 aromatic carbocycles. The smallest absolute Gasteiger partial charge is 0.338 e. The van der Waals surface area contributed by atoms with E-state index in [1.54, 1.807) is 6.20 Å². The number of hydrogen-bond donors (Lipinski definition) is 1. The molecule has 2 heterocycles. The van der Waals surface area contributed by atoms with Gasteiger partial charge in [-0.3, -0.25) is 0 Å². The molecule has 0 atom stereocenters. The van der Waals surface area contributed by atoms with E-state index in [1.807, 2.05) is 28.8 Å². The summed E-state index contributed by atoms with van der Waals surface area (Å²) in [6, 6.07) is 11.1. The van der Waals surface area contributed by atoms with Crippen molar-refractivity contribution in [3.8, 4) is 0 Å². The predicted octanol–water partition coefficient (Wildman–Crippen LogP) is 1.62. The first-order valence-corrected chi connectivity index (χ1v) is 9.66. The van der Waals surface area contributed by atoms with Crippen LogP contribution in [0.15, 0.2) is 59.8 Å². The predicted molar refractivity (Wildman–Crippen MR) is 97.8 cm³/mol. The Hall–Kier alpha value is -2.75. The lowest BCUT2D eigenvalue weighted by atomic mass is 10.2. The van der Waals surface area contributed by atoms with Crippen LogP contribution in [-0.2, 0) is 26.1 Å². The van der Waals surface area contributed by atoms with Gasteiger partial charge >= 0.3 is 5.97 Å². The highest BCUT2D eigenvalue weighted by atomic mass is 32.2. The number of methoxy groups -OCH3 is 1. The molecule has 0 bridgehead atoms. The summed E-state index contributed by atoms with van der Waals surface area (Å²) in [5, 5.41) is 0. The van der Waals surface area contributed by atoms with E-state index in [4.69, 9.17) is 9.47 Å². The van der Waals surface area contributed by atoms with Crippen molar-refractivity contribution in [3.05, 3.63) is 66.1 Å². The molecule has 0 aliphatic rings. The molecule has 8 nitrogen and oxygen atoms in total. The maximum atomic E-state index is 12.2. The average molecular weight is 389 g/mol. The van der Waals surface area contributed by atoms with Crippen LogP contribution in [0.2, 0.25) is 0 Å². The van der Waals surface area contributed by atoms with Crippen LogP contribution in [0.5, 0.6) is 0 Å². The number of nitrogens with one attached hydrogen (secondary N) is 1. The molecule has 0 aliphatic carbocycles. The molecule has 0 saturated heterocycles. The van der Waals surface area contributed by atoms with Crippen LogP contribution in [0.4, 0.5) is 0 Å². The van der Waals surface area contributed by atoms with E-state index in [9.17, 15) is 13.2 Å². The fourth-order valence-corrected chi connectivity index (χ4v) is 3.42. The quantitative estimate of drug-likeness (QED) is 0.464. The van der Waals surface area contributed by atoms with Gasteiger partial charge in [-0.25, -0.2) is 22.9 Å². The van der Waals surface area contributed by atoms with Gasteiger partial charge in [-0.05, 0) is 36.4 Å². The van der Waals surface area contributed by atoms with Crippen molar-refractivity contribution in [1.29, 1.82) is 0 Å². The summed E-state index contributed by atoms with van der Waals surface area (Å²) in [7, 11) is -2.15. The van der Waals surface area contributed by atoms with Crippen LogP contribution in [0.1, 0.15) is 16.1 Å². The third-order valence-corrected chi connectivity index (χ3v) is 5.24. The van der Waals surface area contributed by atoms with Gasteiger partial charge in [0, 0.05) is 26.0 Å². The zero-order chi connectivity index (χ0) is 19.3. The zero-order valence-electron chi connectivity index (χ0n) is 14.7. The van der Waals surface area contributed by atoms with E-state index in [0.717, 1.165) is 5.65 Å². The van der Waals surface area contributed by atoms with Crippen molar-refractivity contribution in [2.24, 2.45) is 0 Å². The molecule has 1 N–H and O–H groups in total. The number of carbonyl (C=O) groups is 1. The Morgan fingerprint density at radius 3 is 2.67 bits per heavy atom. The Morgan fingerprint density at radius 1 is 1.19 bits per heavy atom. The van der Waals surface area contributed by atoms with Gasteiger partial charge in [-0.15, -0.1) is 0 Å².